The van der Waals surface area contributed by atoms with Crippen LogP contribution in [0.1, 0.15) is 15.9 Å². The summed E-state index contributed by atoms with van der Waals surface area (Å²) in [7, 11) is 1.68. The van der Waals surface area contributed by atoms with E-state index in [1.807, 2.05) is 6.07 Å². The van der Waals surface area contributed by atoms with E-state index in [-0.39, 0.29) is 28.1 Å². The lowest BCUT2D eigenvalue weighted by atomic mass is 10.0. The smallest absolute Gasteiger partial charge is 0.338 e. The highest BCUT2D eigenvalue weighted by atomic mass is 35.5. The van der Waals surface area contributed by atoms with Gasteiger partial charge in [0.15, 0.2) is 0 Å². The van der Waals surface area contributed by atoms with Crippen molar-refractivity contribution < 1.29 is 14.7 Å². The molecule has 0 unspecified atom stereocenters. The van der Waals surface area contributed by atoms with Crippen LogP contribution in [0.5, 0.6) is 0 Å². The lowest BCUT2D eigenvalue weighted by Gasteiger charge is -2.24. The summed E-state index contributed by atoms with van der Waals surface area (Å²) in [6, 6.07) is 10.7. The molecule has 0 aliphatic carbocycles. The average molecular weight is 418 g/mol. The number of amides is 1. The highest BCUT2D eigenvalue weighted by Gasteiger charge is 2.24. The van der Waals surface area contributed by atoms with E-state index in [1.54, 1.807) is 54.7 Å². The van der Waals surface area contributed by atoms with Crippen LogP contribution in [0.2, 0.25) is 10.0 Å². The number of hydrogen-bond acceptors (Lipinski definition) is 4. The molecule has 1 aromatic heterocycles. The Morgan fingerprint density at radius 2 is 1.82 bits per heavy atom. The summed E-state index contributed by atoms with van der Waals surface area (Å²) in [6.45, 7) is 0.334. The number of carbonyl (C=O) groups excluding carboxylic acids is 1. The summed E-state index contributed by atoms with van der Waals surface area (Å²) < 4.78 is 0. The van der Waals surface area contributed by atoms with Gasteiger partial charge in [-0.3, -0.25) is 9.78 Å². The lowest BCUT2D eigenvalue weighted by Crippen LogP contribution is -2.35. The highest BCUT2D eigenvalue weighted by molar-refractivity contribution is 6.45. The van der Waals surface area contributed by atoms with Crippen LogP contribution in [0, 0.1) is 0 Å². The fourth-order valence-electron chi connectivity index (χ4n) is 2.96. The van der Waals surface area contributed by atoms with Crippen LogP contribution >= 0.6 is 23.2 Å². The number of rotatable bonds is 6. The van der Waals surface area contributed by atoms with Crippen molar-refractivity contribution in [1.82, 2.24) is 10.3 Å². The van der Waals surface area contributed by atoms with E-state index in [4.69, 9.17) is 23.2 Å². The maximum absolute atomic E-state index is 12.4. The van der Waals surface area contributed by atoms with E-state index < -0.39 is 5.97 Å². The standard InChI is InChI=1S/C20H17Cl2N3O3/c1-25(11-15(26)24-10-12-5-4-8-23-9-12)19-14-7-3-2-6-13(14)17(21)16(18(19)22)20(27)28/h2-9H,10-11H2,1H3,(H,24,26)(H,27,28). The molecule has 3 rings (SSSR count). The molecular formula is C20H17Cl2N3O3. The number of aromatic carboxylic acids is 1. The lowest BCUT2D eigenvalue weighted by molar-refractivity contribution is -0.119. The molecule has 0 radical (unpaired) electrons. The van der Waals surface area contributed by atoms with Crippen LogP contribution in [0.4, 0.5) is 5.69 Å². The van der Waals surface area contributed by atoms with Crippen LogP contribution < -0.4 is 10.2 Å². The van der Waals surface area contributed by atoms with Crippen molar-refractivity contribution >= 4 is 51.5 Å². The van der Waals surface area contributed by atoms with Gasteiger partial charge in [0, 0.05) is 36.8 Å². The van der Waals surface area contributed by atoms with Gasteiger partial charge in [-0.25, -0.2) is 4.79 Å². The van der Waals surface area contributed by atoms with Crippen LogP contribution in [-0.4, -0.2) is 35.6 Å². The minimum Gasteiger partial charge on any atom is -0.478 e. The zero-order valence-electron chi connectivity index (χ0n) is 14.9. The normalized spacial score (nSPS) is 10.7. The number of aromatic nitrogens is 1. The Morgan fingerprint density at radius 3 is 2.46 bits per heavy atom. The molecule has 1 amide bonds. The van der Waals surface area contributed by atoms with Crippen LogP contribution in [0.25, 0.3) is 10.8 Å². The molecule has 0 spiro atoms. The predicted octanol–water partition coefficient (Wildman–Crippen LogP) is 3.99. The van der Waals surface area contributed by atoms with Crippen LogP contribution in [0.3, 0.4) is 0 Å². The second-order valence-electron chi connectivity index (χ2n) is 6.20. The van der Waals surface area contributed by atoms with E-state index in [0.717, 1.165) is 5.56 Å². The van der Waals surface area contributed by atoms with Gasteiger partial charge < -0.3 is 15.3 Å². The molecule has 1 heterocycles. The zero-order valence-corrected chi connectivity index (χ0v) is 16.5. The first-order valence-electron chi connectivity index (χ1n) is 8.40. The number of pyridine rings is 1. The monoisotopic (exact) mass is 417 g/mol. The largest absolute Gasteiger partial charge is 0.478 e. The van der Waals surface area contributed by atoms with Gasteiger partial charge in [0.25, 0.3) is 0 Å². The molecule has 0 fully saturated rings. The van der Waals surface area contributed by atoms with Crippen molar-refractivity contribution in [3.05, 3.63) is 70.0 Å². The van der Waals surface area contributed by atoms with Crippen molar-refractivity contribution in [3.8, 4) is 0 Å². The molecule has 8 heteroatoms. The SMILES string of the molecule is CN(CC(=O)NCc1cccnc1)c1c(Cl)c(C(=O)O)c(Cl)c2ccccc12. The Labute approximate surface area is 171 Å². The minimum atomic E-state index is -1.23. The van der Waals surface area contributed by atoms with Crippen molar-refractivity contribution in [1.29, 1.82) is 0 Å². The van der Waals surface area contributed by atoms with Crippen LogP contribution in [0.15, 0.2) is 48.8 Å². The fourth-order valence-corrected chi connectivity index (χ4v) is 3.77. The number of carboxylic acid groups (broad SMARTS) is 1. The maximum Gasteiger partial charge on any atom is 0.338 e. The molecule has 0 saturated heterocycles. The third-order valence-electron chi connectivity index (χ3n) is 4.25. The molecule has 0 aliphatic rings. The van der Waals surface area contributed by atoms with E-state index in [2.05, 4.69) is 10.3 Å². The summed E-state index contributed by atoms with van der Waals surface area (Å²) in [5, 5.41) is 13.6. The van der Waals surface area contributed by atoms with Crippen LogP contribution in [-0.2, 0) is 11.3 Å². The van der Waals surface area contributed by atoms with Crippen molar-refractivity contribution in [2.75, 3.05) is 18.5 Å². The number of hydrogen-bond donors (Lipinski definition) is 2. The first-order valence-corrected chi connectivity index (χ1v) is 9.15. The van der Waals surface area contributed by atoms with Gasteiger partial charge in [0.05, 0.1) is 27.8 Å². The fraction of sp³-hybridized carbons (Fsp3) is 0.150. The summed E-state index contributed by atoms with van der Waals surface area (Å²) in [5.41, 5.74) is 1.14. The zero-order chi connectivity index (χ0) is 20.3. The van der Waals surface area contributed by atoms with Gasteiger partial charge in [0.1, 0.15) is 0 Å². The van der Waals surface area contributed by atoms with E-state index in [9.17, 15) is 14.7 Å². The number of halogens is 2. The van der Waals surface area contributed by atoms with Gasteiger partial charge >= 0.3 is 5.97 Å². The molecule has 6 nitrogen and oxygen atoms in total. The molecule has 2 aromatic carbocycles. The Balaban J connectivity index is 1.89. The molecule has 0 aliphatic heterocycles. The second-order valence-corrected chi connectivity index (χ2v) is 6.95. The van der Waals surface area contributed by atoms with Gasteiger partial charge in [-0.1, -0.05) is 53.5 Å². The Morgan fingerprint density at radius 1 is 1.11 bits per heavy atom. The molecule has 3 aromatic rings. The van der Waals surface area contributed by atoms with E-state index >= 15 is 0 Å². The van der Waals surface area contributed by atoms with Gasteiger partial charge in [0.2, 0.25) is 5.91 Å². The Bertz CT molecular complexity index is 1040. The first-order chi connectivity index (χ1) is 13.4. The van der Waals surface area contributed by atoms with Crippen molar-refractivity contribution in [2.45, 2.75) is 6.54 Å². The average Bonchev–Trinajstić information content (AvgIpc) is 2.67. The number of anilines is 1. The predicted molar refractivity (Wildman–Crippen MR) is 110 cm³/mol. The quantitative estimate of drug-likeness (QED) is 0.633. The number of fused-ring (bicyclic) bond motifs is 1. The molecule has 0 saturated carbocycles. The summed E-state index contributed by atoms with van der Waals surface area (Å²) in [5.74, 6) is -1.46. The van der Waals surface area contributed by atoms with Gasteiger partial charge in [-0.05, 0) is 11.6 Å². The molecule has 0 atom stereocenters. The van der Waals surface area contributed by atoms with E-state index in [1.165, 1.54) is 0 Å². The number of nitrogens with one attached hydrogen (secondary N) is 1. The maximum atomic E-state index is 12.4. The van der Waals surface area contributed by atoms with Gasteiger partial charge in [-0.2, -0.15) is 0 Å². The van der Waals surface area contributed by atoms with Gasteiger partial charge in [-0.15, -0.1) is 0 Å². The molecular weight excluding hydrogens is 401 g/mol. The number of likely N-dealkylation sites (N-methyl/N-ethyl adjacent to an activating group) is 1. The number of nitrogens with zero attached hydrogens (tertiary/aromatic N) is 2. The summed E-state index contributed by atoms with van der Waals surface area (Å²) in [6.07, 6.45) is 3.33. The topological polar surface area (TPSA) is 82.5 Å². The number of carbonyl (C=O) groups is 2. The molecule has 144 valence electrons. The van der Waals surface area contributed by atoms with Crippen molar-refractivity contribution in [2.24, 2.45) is 0 Å². The molecule has 0 bridgehead atoms. The number of benzene rings is 2. The second kappa shape index (κ2) is 8.46. The number of carboxylic acids is 1. The third-order valence-corrected chi connectivity index (χ3v) is 5.01. The van der Waals surface area contributed by atoms with Crippen molar-refractivity contribution in [3.63, 3.8) is 0 Å². The first kappa shape index (κ1) is 19.9. The molecule has 28 heavy (non-hydrogen) atoms. The summed E-state index contributed by atoms with van der Waals surface area (Å²) in [4.78, 5) is 29.7. The van der Waals surface area contributed by atoms with E-state index in [0.29, 0.717) is 23.0 Å². The molecule has 2 N–H and O–H groups in total. The Kier molecular flexibility index (Phi) is 6.02. The minimum absolute atomic E-state index is 0.00115. The Hall–Kier alpha value is -2.83. The third kappa shape index (κ3) is 4.03. The summed E-state index contributed by atoms with van der Waals surface area (Å²) >= 11 is 12.7. The highest BCUT2D eigenvalue weighted by Crippen LogP contribution is 2.42.